The first-order chi connectivity index (χ1) is 12.0. The molecule has 0 spiro atoms. The van der Waals surface area contributed by atoms with E-state index in [1.165, 1.54) is 19.3 Å². The number of rotatable bonds is 7. The zero-order valence-corrected chi connectivity index (χ0v) is 14.1. The molecule has 0 aliphatic rings. The van der Waals surface area contributed by atoms with Crippen molar-refractivity contribution in [1.82, 2.24) is 5.32 Å². The molecule has 2 aromatic rings. The Morgan fingerprint density at radius 1 is 1.16 bits per heavy atom. The van der Waals surface area contributed by atoms with Crippen LogP contribution in [-0.4, -0.2) is 36.9 Å². The van der Waals surface area contributed by atoms with Gasteiger partial charge in [0.1, 0.15) is 5.75 Å². The van der Waals surface area contributed by atoms with Gasteiger partial charge in [0.2, 0.25) is 5.91 Å². The fraction of sp³-hybridized carbons (Fsp3) is 0.211. The third kappa shape index (κ3) is 5.26. The first kappa shape index (κ1) is 18.4. The van der Waals surface area contributed by atoms with Crippen LogP contribution in [0.2, 0.25) is 0 Å². The molecule has 6 nitrogen and oxygen atoms in total. The topological polar surface area (TPSA) is 88.0 Å². The minimum atomic E-state index is -0.808. The Kier molecular flexibility index (Phi) is 6.42. The summed E-state index contributed by atoms with van der Waals surface area (Å²) >= 11 is 0. The molecule has 1 amide bonds. The maximum Gasteiger partial charge on any atom is 0.244 e. The smallest absolute Gasteiger partial charge is 0.244 e. The maximum atomic E-state index is 11.9. The van der Waals surface area contributed by atoms with Gasteiger partial charge in [-0.05, 0) is 41.5 Å². The van der Waals surface area contributed by atoms with E-state index < -0.39 is 6.10 Å². The number of carbonyl (C=O) groups is 1. The predicted molar refractivity (Wildman–Crippen MR) is 94.7 cm³/mol. The molecule has 132 valence electrons. The minimum absolute atomic E-state index is 0.0340. The molecule has 0 saturated carbocycles. The van der Waals surface area contributed by atoms with Crippen LogP contribution < -0.4 is 14.8 Å². The molecule has 0 aliphatic heterocycles. The second-order valence-electron chi connectivity index (χ2n) is 5.30. The molecule has 6 heteroatoms. The highest BCUT2D eigenvalue weighted by atomic mass is 16.5. The number of aromatic hydroxyl groups is 1. The SMILES string of the molecule is COc1ccc([C@H](O)CNC(=O)/C=C/c2ccc(O)c(OC)c2)cc1. The van der Waals surface area contributed by atoms with E-state index in [9.17, 15) is 15.0 Å². The van der Waals surface area contributed by atoms with Crippen LogP contribution in [0.25, 0.3) is 6.08 Å². The lowest BCUT2D eigenvalue weighted by molar-refractivity contribution is -0.116. The Balaban J connectivity index is 1.89. The zero-order valence-electron chi connectivity index (χ0n) is 14.1. The number of methoxy groups -OCH3 is 2. The van der Waals surface area contributed by atoms with Crippen molar-refractivity contribution in [2.24, 2.45) is 0 Å². The number of phenolic OH excluding ortho intramolecular Hbond substituents is 1. The van der Waals surface area contributed by atoms with E-state index in [-0.39, 0.29) is 18.2 Å². The van der Waals surface area contributed by atoms with E-state index in [0.717, 1.165) is 0 Å². The second kappa shape index (κ2) is 8.75. The van der Waals surface area contributed by atoms with Crippen molar-refractivity contribution in [3.05, 3.63) is 59.7 Å². The summed E-state index contributed by atoms with van der Waals surface area (Å²) in [7, 11) is 3.03. The van der Waals surface area contributed by atoms with Crippen molar-refractivity contribution >= 4 is 12.0 Å². The lowest BCUT2D eigenvalue weighted by atomic mass is 10.1. The zero-order chi connectivity index (χ0) is 18.2. The summed E-state index contributed by atoms with van der Waals surface area (Å²) in [5.74, 6) is 0.732. The lowest BCUT2D eigenvalue weighted by Gasteiger charge is -2.12. The molecule has 0 fully saturated rings. The number of benzene rings is 2. The van der Waals surface area contributed by atoms with Gasteiger partial charge in [-0.2, -0.15) is 0 Å². The van der Waals surface area contributed by atoms with Crippen LogP contribution in [-0.2, 0) is 4.79 Å². The molecule has 2 rings (SSSR count). The highest BCUT2D eigenvalue weighted by Crippen LogP contribution is 2.26. The van der Waals surface area contributed by atoms with Gasteiger partial charge in [0, 0.05) is 12.6 Å². The van der Waals surface area contributed by atoms with Gasteiger partial charge in [-0.15, -0.1) is 0 Å². The Morgan fingerprint density at radius 2 is 1.88 bits per heavy atom. The highest BCUT2D eigenvalue weighted by molar-refractivity contribution is 5.91. The molecular weight excluding hydrogens is 322 g/mol. The predicted octanol–water partition coefficient (Wildman–Crippen LogP) is 2.27. The van der Waals surface area contributed by atoms with E-state index in [4.69, 9.17) is 9.47 Å². The summed E-state index contributed by atoms with van der Waals surface area (Å²) in [6.07, 6.45) is 2.14. The van der Waals surface area contributed by atoms with Crippen LogP contribution in [0.4, 0.5) is 0 Å². The number of ether oxygens (including phenoxy) is 2. The monoisotopic (exact) mass is 343 g/mol. The van der Waals surface area contributed by atoms with Crippen LogP contribution in [0.5, 0.6) is 17.2 Å². The third-order valence-corrected chi connectivity index (χ3v) is 3.60. The van der Waals surface area contributed by atoms with Crippen molar-refractivity contribution in [2.75, 3.05) is 20.8 Å². The number of hydrogen-bond donors (Lipinski definition) is 3. The van der Waals surface area contributed by atoms with Crippen LogP contribution in [0, 0.1) is 0 Å². The molecular formula is C19H21NO5. The minimum Gasteiger partial charge on any atom is -0.504 e. The van der Waals surface area contributed by atoms with Crippen molar-refractivity contribution in [3.8, 4) is 17.2 Å². The Morgan fingerprint density at radius 3 is 2.52 bits per heavy atom. The van der Waals surface area contributed by atoms with E-state index in [1.54, 1.807) is 49.6 Å². The van der Waals surface area contributed by atoms with E-state index in [1.807, 2.05) is 0 Å². The van der Waals surface area contributed by atoms with Gasteiger partial charge >= 0.3 is 0 Å². The van der Waals surface area contributed by atoms with Crippen LogP contribution in [0.15, 0.2) is 48.5 Å². The maximum absolute atomic E-state index is 11.9. The van der Waals surface area contributed by atoms with Gasteiger partial charge in [-0.25, -0.2) is 0 Å². The fourth-order valence-electron chi connectivity index (χ4n) is 2.17. The summed E-state index contributed by atoms with van der Waals surface area (Å²) in [6, 6.07) is 11.8. The van der Waals surface area contributed by atoms with Crippen molar-refractivity contribution in [2.45, 2.75) is 6.10 Å². The average molecular weight is 343 g/mol. The molecule has 0 bridgehead atoms. The van der Waals surface area contributed by atoms with Gasteiger partial charge in [-0.1, -0.05) is 18.2 Å². The summed E-state index contributed by atoms with van der Waals surface area (Å²) in [5, 5.41) is 22.3. The van der Waals surface area contributed by atoms with Gasteiger partial charge in [0.05, 0.1) is 20.3 Å². The van der Waals surface area contributed by atoms with Gasteiger partial charge in [0.15, 0.2) is 11.5 Å². The largest absolute Gasteiger partial charge is 0.504 e. The number of aliphatic hydroxyl groups excluding tert-OH is 1. The fourth-order valence-corrected chi connectivity index (χ4v) is 2.17. The number of amides is 1. The molecule has 0 heterocycles. The number of aliphatic hydroxyl groups is 1. The molecule has 0 radical (unpaired) electrons. The van der Waals surface area contributed by atoms with Crippen LogP contribution in [0.3, 0.4) is 0 Å². The summed E-state index contributed by atoms with van der Waals surface area (Å²) < 4.78 is 10.1. The number of carbonyl (C=O) groups excluding carboxylic acids is 1. The van der Waals surface area contributed by atoms with Crippen molar-refractivity contribution < 1.29 is 24.5 Å². The van der Waals surface area contributed by atoms with E-state index >= 15 is 0 Å². The Hall–Kier alpha value is -2.99. The highest BCUT2D eigenvalue weighted by Gasteiger charge is 2.08. The summed E-state index contributed by atoms with van der Waals surface area (Å²) in [6.45, 7) is 0.0917. The first-order valence-electron chi connectivity index (χ1n) is 7.68. The lowest BCUT2D eigenvalue weighted by Crippen LogP contribution is -2.26. The molecule has 0 saturated heterocycles. The number of nitrogens with one attached hydrogen (secondary N) is 1. The molecule has 1 atom stereocenters. The van der Waals surface area contributed by atoms with Gasteiger partial charge < -0.3 is 25.0 Å². The average Bonchev–Trinajstić information content (AvgIpc) is 2.65. The number of phenols is 1. The standard InChI is InChI=1S/C19H21NO5/c1-24-15-7-5-14(6-8-15)17(22)12-20-19(23)10-4-13-3-9-16(21)18(11-13)25-2/h3-11,17,21-22H,12H2,1-2H3,(H,20,23)/b10-4+/t17-/m1/s1. The molecule has 3 N–H and O–H groups in total. The molecule has 0 aliphatic carbocycles. The van der Waals surface area contributed by atoms with E-state index in [2.05, 4.69) is 5.32 Å². The van der Waals surface area contributed by atoms with Crippen LogP contribution in [0.1, 0.15) is 17.2 Å². The number of hydrogen-bond acceptors (Lipinski definition) is 5. The first-order valence-corrected chi connectivity index (χ1v) is 7.68. The Labute approximate surface area is 146 Å². The van der Waals surface area contributed by atoms with Crippen LogP contribution >= 0.6 is 0 Å². The second-order valence-corrected chi connectivity index (χ2v) is 5.30. The summed E-state index contributed by atoms with van der Waals surface area (Å²) in [4.78, 5) is 11.9. The summed E-state index contributed by atoms with van der Waals surface area (Å²) in [5.41, 5.74) is 1.40. The molecule has 0 unspecified atom stereocenters. The van der Waals surface area contributed by atoms with Crippen molar-refractivity contribution in [3.63, 3.8) is 0 Å². The normalized spacial score (nSPS) is 12.0. The molecule has 25 heavy (non-hydrogen) atoms. The quantitative estimate of drug-likeness (QED) is 0.671. The van der Waals surface area contributed by atoms with Crippen molar-refractivity contribution in [1.29, 1.82) is 0 Å². The Bertz CT molecular complexity index is 740. The molecule has 2 aromatic carbocycles. The molecule has 0 aromatic heterocycles. The van der Waals surface area contributed by atoms with Gasteiger partial charge in [-0.3, -0.25) is 4.79 Å². The van der Waals surface area contributed by atoms with E-state index in [0.29, 0.717) is 22.6 Å². The van der Waals surface area contributed by atoms with Gasteiger partial charge in [0.25, 0.3) is 0 Å². The third-order valence-electron chi connectivity index (χ3n) is 3.60.